The molecule has 29 heavy (non-hydrogen) atoms. The minimum Gasteiger partial charge on any atom is -0.355 e. The number of thiazole rings is 1. The average molecular weight is 430 g/mol. The third-order valence-corrected chi connectivity index (χ3v) is 7.64. The van der Waals surface area contributed by atoms with E-state index in [1.54, 1.807) is 28.7 Å². The molecule has 1 N–H and O–H groups in total. The monoisotopic (exact) mass is 429 g/mol. The van der Waals surface area contributed by atoms with Crippen molar-refractivity contribution in [3.05, 3.63) is 44.5 Å². The van der Waals surface area contributed by atoms with Crippen molar-refractivity contribution in [3.63, 3.8) is 0 Å². The van der Waals surface area contributed by atoms with E-state index >= 15 is 0 Å². The lowest BCUT2D eigenvalue weighted by Gasteiger charge is -2.31. The zero-order valence-electron chi connectivity index (χ0n) is 16.5. The number of likely N-dealkylation sites (tertiary alicyclic amines) is 1. The summed E-state index contributed by atoms with van der Waals surface area (Å²) in [6.07, 6.45) is 9.69. The van der Waals surface area contributed by atoms with Gasteiger partial charge >= 0.3 is 0 Å². The summed E-state index contributed by atoms with van der Waals surface area (Å²) in [7, 11) is 0. The summed E-state index contributed by atoms with van der Waals surface area (Å²) in [5.41, 5.74) is 1.04. The number of thiophene rings is 1. The van der Waals surface area contributed by atoms with Gasteiger partial charge in [-0.3, -0.25) is 9.59 Å². The third kappa shape index (κ3) is 5.34. The lowest BCUT2D eigenvalue weighted by atomic mass is 9.85. The van der Waals surface area contributed by atoms with Crippen molar-refractivity contribution in [3.8, 4) is 0 Å². The Morgan fingerprint density at radius 2 is 2.14 bits per heavy atom. The summed E-state index contributed by atoms with van der Waals surface area (Å²) >= 11 is 3.32. The van der Waals surface area contributed by atoms with Crippen LogP contribution in [0.25, 0.3) is 6.08 Å². The molecular weight excluding hydrogens is 402 g/mol. The Hall–Kier alpha value is -1.99. The summed E-state index contributed by atoms with van der Waals surface area (Å²) in [4.78, 5) is 32.3. The van der Waals surface area contributed by atoms with E-state index < -0.39 is 0 Å². The van der Waals surface area contributed by atoms with Gasteiger partial charge in [-0.2, -0.15) is 0 Å². The largest absolute Gasteiger partial charge is 0.355 e. The zero-order chi connectivity index (χ0) is 20.1. The van der Waals surface area contributed by atoms with Crippen molar-refractivity contribution in [2.75, 3.05) is 19.6 Å². The van der Waals surface area contributed by atoms with E-state index in [-0.39, 0.29) is 17.7 Å². The van der Waals surface area contributed by atoms with Crippen LogP contribution >= 0.6 is 22.7 Å². The Kier molecular flexibility index (Phi) is 6.77. The lowest BCUT2D eigenvalue weighted by molar-refractivity contribution is -0.128. The molecule has 1 saturated heterocycles. The van der Waals surface area contributed by atoms with E-state index in [1.165, 1.54) is 6.42 Å². The molecule has 1 aliphatic carbocycles. The average Bonchev–Trinajstić information content (AvgIpc) is 3.37. The summed E-state index contributed by atoms with van der Waals surface area (Å²) in [6.45, 7) is 2.20. The number of carbonyl (C=O) groups excluding carboxylic acids is 2. The van der Waals surface area contributed by atoms with Gasteiger partial charge in [-0.1, -0.05) is 12.5 Å². The summed E-state index contributed by atoms with van der Waals surface area (Å²) in [5.74, 6) is 0.828. The quantitative estimate of drug-likeness (QED) is 0.675. The molecule has 2 aromatic rings. The van der Waals surface area contributed by atoms with Gasteiger partial charge in [0.1, 0.15) is 0 Å². The maximum atomic E-state index is 12.6. The van der Waals surface area contributed by atoms with Gasteiger partial charge < -0.3 is 10.2 Å². The number of nitrogens with one attached hydrogen (secondary N) is 1. The number of hydrogen-bond acceptors (Lipinski definition) is 5. The van der Waals surface area contributed by atoms with Gasteiger partial charge in [-0.15, -0.1) is 22.7 Å². The second-order valence-electron chi connectivity index (χ2n) is 7.82. The maximum absolute atomic E-state index is 12.6. The second kappa shape index (κ2) is 9.67. The van der Waals surface area contributed by atoms with Crippen molar-refractivity contribution < 1.29 is 9.59 Å². The fourth-order valence-electron chi connectivity index (χ4n) is 3.78. The summed E-state index contributed by atoms with van der Waals surface area (Å²) in [5, 5.41) is 8.26. The van der Waals surface area contributed by atoms with Crippen LogP contribution in [0.15, 0.2) is 29.0 Å². The molecule has 2 aromatic heterocycles. The van der Waals surface area contributed by atoms with E-state index in [9.17, 15) is 9.59 Å². The highest BCUT2D eigenvalue weighted by Gasteiger charge is 2.26. The van der Waals surface area contributed by atoms with Crippen LogP contribution < -0.4 is 5.32 Å². The molecule has 0 radical (unpaired) electrons. The molecule has 0 spiro atoms. The molecule has 3 heterocycles. The van der Waals surface area contributed by atoms with Crippen LogP contribution in [-0.4, -0.2) is 41.3 Å². The van der Waals surface area contributed by atoms with E-state index in [0.29, 0.717) is 12.5 Å². The number of piperidine rings is 1. The molecule has 2 fully saturated rings. The molecule has 1 aliphatic heterocycles. The van der Waals surface area contributed by atoms with E-state index in [1.807, 2.05) is 28.5 Å². The first kappa shape index (κ1) is 20.3. The second-order valence-corrected chi connectivity index (χ2v) is 9.69. The van der Waals surface area contributed by atoms with Gasteiger partial charge in [0.15, 0.2) is 0 Å². The Balaban J connectivity index is 1.27. The predicted octanol–water partition coefficient (Wildman–Crippen LogP) is 4.08. The number of hydrogen-bond donors (Lipinski definition) is 1. The van der Waals surface area contributed by atoms with Crippen LogP contribution in [0, 0.1) is 5.92 Å². The van der Waals surface area contributed by atoms with Crippen molar-refractivity contribution in [2.24, 2.45) is 5.92 Å². The lowest BCUT2D eigenvalue weighted by Crippen LogP contribution is -2.38. The van der Waals surface area contributed by atoms with E-state index in [2.05, 4.69) is 10.7 Å². The molecule has 7 heteroatoms. The van der Waals surface area contributed by atoms with Crippen LogP contribution in [0.5, 0.6) is 0 Å². The van der Waals surface area contributed by atoms with Crippen molar-refractivity contribution in [2.45, 2.75) is 44.4 Å². The molecular formula is C22H27N3O2S2. The normalized spacial score (nSPS) is 20.0. The first-order chi connectivity index (χ1) is 14.2. The molecule has 0 bridgehead atoms. The fraction of sp³-hybridized carbons (Fsp3) is 0.500. The van der Waals surface area contributed by atoms with Crippen LogP contribution in [-0.2, 0) is 16.0 Å². The molecule has 1 atom stereocenters. The molecule has 4 rings (SSSR count). The van der Waals surface area contributed by atoms with Crippen molar-refractivity contribution in [1.82, 2.24) is 15.2 Å². The predicted molar refractivity (Wildman–Crippen MR) is 118 cm³/mol. The summed E-state index contributed by atoms with van der Waals surface area (Å²) < 4.78 is 0. The SMILES string of the molecule is O=C(NCCc1csc(C2CCCN(C(=O)C=Cc3cccs3)C2)n1)C1CCC1. The number of amides is 2. The molecule has 5 nitrogen and oxygen atoms in total. The molecule has 154 valence electrons. The molecule has 1 unspecified atom stereocenters. The highest BCUT2D eigenvalue weighted by atomic mass is 32.1. The van der Waals surface area contributed by atoms with E-state index in [0.717, 1.165) is 60.8 Å². The van der Waals surface area contributed by atoms with Crippen molar-refractivity contribution >= 4 is 40.6 Å². The van der Waals surface area contributed by atoms with Gasteiger partial charge in [0.2, 0.25) is 11.8 Å². The Morgan fingerprint density at radius 3 is 2.90 bits per heavy atom. The standard InChI is InChI=1S/C22H27N3O2S2/c26-20(9-8-19-7-3-13-28-19)25-12-2-6-17(14-25)22-24-18(15-29-22)10-11-23-21(27)16-4-1-5-16/h3,7-9,13,15-17H,1-2,4-6,10-12,14H2,(H,23,27). The minimum absolute atomic E-state index is 0.0820. The summed E-state index contributed by atoms with van der Waals surface area (Å²) in [6, 6.07) is 4.00. The first-order valence-electron chi connectivity index (χ1n) is 10.4. The Labute approximate surface area is 179 Å². The van der Waals surface area contributed by atoms with Gasteiger partial charge in [0, 0.05) is 54.2 Å². The maximum Gasteiger partial charge on any atom is 0.246 e. The zero-order valence-corrected chi connectivity index (χ0v) is 18.1. The van der Waals surface area contributed by atoms with E-state index in [4.69, 9.17) is 4.98 Å². The van der Waals surface area contributed by atoms with Crippen LogP contribution in [0.4, 0.5) is 0 Å². The number of rotatable bonds is 7. The molecule has 2 aliphatic rings. The first-order valence-corrected chi connectivity index (χ1v) is 12.2. The highest BCUT2D eigenvalue weighted by molar-refractivity contribution is 7.10. The van der Waals surface area contributed by atoms with Gasteiger partial charge in [-0.25, -0.2) is 4.98 Å². The molecule has 0 aromatic carbocycles. The van der Waals surface area contributed by atoms with Gasteiger partial charge in [-0.05, 0) is 43.2 Å². The molecule has 2 amide bonds. The molecule has 1 saturated carbocycles. The van der Waals surface area contributed by atoms with Gasteiger partial charge in [0.05, 0.1) is 10.7 Å². The topological polar surface area (TPSA) is 62.3 Å². The third-order valence-electron chi connectivity index (χ3n) is 5.74. The minimum atomic E-state index is 0.0820. The smallest absolute Gasteiger partial charge is 0.246 e. The Bertz CT molecular complexity index is 855. The Morgan fingerprint density at radius 1 is 1.24 bits per heavy atom. The van der Waals surface area contributed by atoms with Crippen molar-refractivity contribution in [1.29, 1.82) is 0 Å². The number of carbonyl (C=O) groups is 2. The van der Waals surface area contributed by atoms with Crippen LogP contribution in [0.2, 0.25) is 0 Å². The van der Waals surface area contributed by atoms with Crippen LogP contribution in [0.1, 0.15) is 53.6 Å². The van der Waals surface area contributed by atoms with Gasteiger partial charge in [0.25, 0.3) is 0 Å². The number of nitrogens with zero attached hydrogens (tertiary/aromatic N) is 2. The fourth-order valence-corrected chi connectivity index (χ4v) is 5.38. The highest BCUT2D eigenvalue weighted by Crippen LogP contribution is 2.30. The van der Waals surface area contributed by atoms with Crippen LogP contribution in [0.3, 0.4) is 0 Å². The number of aromatic nitrogens is 1.